The number of H-pyrrole nitrogens is 1. The van der Waals surface area contributed by atoms with Crippen LogP contribution in [-0.4, -0.2) is 20.2 Å². The quantitative estimate of drug-likeness (QED) is 0.778. The summed E-state index contributed by atoms with van der Waals surface area (Å²) in [5, 5.41) is 6.77. The van der Waals surface area contributed by atoms with Gasteiger partial charge in [0.15, 0.2) is 5.82 Å². The molecule has 2 aromatic rings. The molecule has 4 nitrogen and oxygen atoms in total. The van der Waals surface area contributed by atoms with E-state index in [0.717, 1.165) is 11.3 Å². The van der Waals surface area contributed by atoms with Gasteiger partial charge in [0.2, 0.25) is 0 Å². The molecule has 2 aromatic heterocycles. The van der Waals surface area contributed by atoms with E-state index < -0.39 is 0 Å². The summed E-state index contributed by atoms with van der Waals surface area (Å²) in [5.74, 6) is 1.25. The Morgan fingerprint density at radius 3 is 2.86 bits per heavy atom. The van der Waals surface area contributed by atoms with Crippen LogP contribution in [-0.2, 0) is 0 Å². The summed E-state index contributed by atoms with van der Waals surface area (Å²) in [5.41, 5.74) is 1.88. The number of hydrogen-bond donors (Lipinski definition) is 1. The number of aromatic nitrogens is 4. The van der Waals surface area contributed by atoms with Gasteiger partial charge >= 0.3 is 0 Å². The van der Waals surface area contributed by atoms with E-state index in [1.165, 1.54) is 0 Å². The molecule has 0 saturated carbocycles. The van der Waals surface area contributed by atoms with Crippen molar-refractivity contribution in [1.82, 2.24) is 20.2 Å². The average molecular weight is 186 g/mol. The van der Waals surface area contributed by atoms with Crippen LogP contribution in [0, 0.1) is 6.92 Å². The molecule has 14 heavy (non-hydrogen) atoms. The number of nitrogens with zero attached hydrogens (tertiary/aromatic N) is 3. The summed E-state index contributed by atoms with van der Waals surface area (Å²) in [6, 6.07) is 3.87. The summed E-state index contributed by atoms with van der Waals surface area (Å²) in [6.45, 7) is 5.59. The maximum absolute atomic E-state index is 4.22. The molecule has 0 fully saturated rings. The minimum Gasteiger partial charge on any atom is -0.259 e. The Hall–Kier alpha value is -1.97. The predicted molar refractivity (Wildman–Crippen MR) is 54.4 cm³/mol. The highest BCUT2D eigenvalue weighted by Crippen LogP contribution is 2.11. The molecule has 1 N–H and O–H groups in total. The van der Waals surface area contributed by atoms with Crippen molar-refractivity contribution in [3.05, 3.63) is 36.3 Å². The van der Waals surface area contributed by atoms with E-state index in [9.17, 15) is 0 Å². The smallest absolute Gasteiger partial charge is 0.200 e. The zero-order valence-corrected chi connectivity index (χ0v) is 7.86. The molecular weight excluding hydrogens is 176 g/mol. The highest BCUT2D eigenvalue weighted by molar-refractivity contribution is 5.50. The van der Waals surface area contributed by atoms with Crippen LogP contribution in [0.4, 0.5) is 0 Å². The van der Waals surface area contributed by atoms with Gasteiger partial charge < -0.3 is 0 Å². The number of rotatable bonds is 2. The summed E-state index contributed by atoms with van der Waals surface area (Å²) >= 11 is 0. The molecule has 4 heteroatoms. The Labute approximate surface area is 81.7 Å². The van der Waals surface area contributed by atoms with Crippen molar-refractivity contribution in [2.45, 2.75) is 6.92 Å². The van der Waals surface area contributed by atoms with Crippen molar-refractivity contribution in [3.63, 3.8) is 0 Å². The van der Waals surface area contributed by atoms with Gasteiger partial charge in [0.25, 0.3) is 0 Å². The molecule has 0 unspecified atom stereocenters. The average Bonchev–Trinajstić information content (AvgIpc) is 2.67. The van der Waals surface area contributed by atoms with Crippen molar-refractivity contribution < 1.29 is 0 Å². The highest BCUT2D eigenvalue weighted by atomic mass is 15.2. The number of aromatic amines is 1. The van der Waals surface area contributed by atoms with E-state index in [1.807, 2.05) is 19.1 Å². The van der Waals surface area contributed by atoms with Crippen LogP contribution in [0.1, 0.15) is 11.4 Å². The van der Waals surface area contributed by atoms with E-state index in [2.05, 4.69) is 26.7 Å². The van der Waals surface area contributed by atoms with Gasteiger partial charge in [-0.1, -0.05) is 12.6 Å². The Bertz CT molecular complexity index is 441. The van der Waals surface area contributed by atoms with E-state index in [4.69, 9.17) is 0 Å². The standard InChI is InChI=1S/C10H10N4/c1-3-9-12-10(14-13-9)8-5-4-7(2)6-11-8/h3-6H,1H2,2H3,(H,12,13,14). The van der Waals surface area contributed by atoms with Crippen molar-refractivity contribution in [2.75, 3.05) is 0 Å². The zero-order valence-electron chi connectivity index (χ0n) is 7.86. The molecule has 0 spiro atoms. The molecule has 2 rings (SSSR count). The number of hydrogen-bond acceptors (Lipinski definition) is 3. The van der Waals surface area contributed by atoms with Gasteiger partial charge in [-0.2, -0.15) is 5.10 Å². The predicted octanol–water partition coefficient (Wildman–Crippen LogP) is 1.82. The zero-order chi connectivity index (χ0) is 9.97. The SMILES string of the molecule is C=Cc1nc(-c2ccc(C)cn2)n[nH]1. The summed E-state index contributed by atoms with van der Waals surface area (Å²) < 4.78 is 0. The molecule has 0 aliphatic rings. The third-order valence-corrected chi connectivity index (χ3v) is 1.84. The van der Waals surface area contributed by atoms with Crippen LogP contribution < -0.4 is 0 Å². The summed E-state index contributed by atoms with van der Waals surface area (Å²) in [6.07, 6.45) is 3.41. The van der Waals surface area contributed by atoms with Crippen molar-refractivity contribution in [3.8, 4) is 11.5 Å². The van der Waals surface area contributed by atoms with Gasteiger partial charge in [-0.25, -0.2) is 4.98 Å². The molecule has 70 valence electrons. The molecular formula is C10H10N4. The minimum absolute atomic E-state index is 0.597. The fourth-order valence-corrected chi connectivity index (χ4v) is 1.08. The van der Waals surface area contributed by atoms with Gasteiger partial charge in [-0.05, 0) is 24.6 Å². The van der Waals surface area contributed by atoms with E-state index in [0.29, 0.717) is 11.6 Å². The van der Waals surface area contributed by atoms with Crippen LogP contribution in [0.25, 0.3) is 17.6 Å². The first-order valence-corrected chi connectivity index (χ1v) is 4.27. The van der Waals surface area contributed by atoms with Gasteiger partial charge in [-0.3, -0.25) is 10.1 Å². The fraction of sp³-hybridized carbons (Fsp3) is 0.100. The van der Waals surface area contributed by atoms with Crippen LogP contribution in [0.5, 0.6) is 0 Å². The molecule has 0 saturated heterocycles. The Kier molecular flexibility index (Phi) is 2.10. The lowest BCUT2D eigenvalue weighted by atomic mass is 10.3. The lowest BCUT2D eigenvalue weighted by Gasteiger charge is -1.93. The van der Waals surface area contributed by atoms with Gasteiger partial charge in [0.1, 0.15) is 11.5 Å². The van der Waals surface area contributed by atoms with Gasteiger partial charge in [0, 0.05) is 6.20 Å². The first kappa shape index (κ1) is 8.62. The second-order valence-corrected chi connectivity index (χ2v) is 2.97. The molecule has 0 aromatic carbocycles. The normalized spacial score (nSPS) is 10.1. The van der Waals surface area contributed by atoms with Crippen molar-refractivity contribution >= 4 is 6.08 Å². The summed E-state index contributed by atoms with van der Waals surface area (Å²) in [7, 11) is 0. The number of pyridine rings is 1. The highest BCUT2D eigenvalue weighted by Gasteiger charge is 2.04. The van der Waals surface area contributed by atoms with E-state index >= 15 is 0 Å². The minimum atomic E-state index is 0.597. The fourth-order valence-electron chi connectivity index (χ4n) is 1.08. The topological polar surface area (TPSA) is 54.5 Å². The van der Waals surface area contributed by atoms with Crippen LogP contribution >= 0.6 is 0 Å². The number of aryl methyl sites for hydroxylation is 1. The molecule has 0 bridgehead atoms. The first-order valence-electron chi connectivity index (χ1n) is 4.27. The second kappa shape index (κ2) is 3.41. The van der Waals surface area contributed by atoms with E-state index in [1.54, 1.807) is 12.3 Å². The van der Waals surface area contributed by atoms with Crippen LogP contribution in [0.3, 0.4) is 0 Å². The van der Waals surface area contributed by atoms with Crippen LogP contribution in [0.2, 0.25) is 0 Å². The Morgan fingerprint density at radius 2 is 2.29 bits per heavy atom. The molecule has 0 atom stereocenters. The molecule has 2 heterocycles. The second-order valence-electron chi connectivity index (χ2n) is 2.97. The summed E-state index contributed by atoms with van der Waals surface area (Å²) in [4.78, 5) is 8.40. The largest absolute Gasteiger partial charge is 0.259 e. The lowest BCUT2D eigenvalue weighted by molar-refractivity contribution is 1.07. The number of nitrogens with one attached hydrogen (secondary N) is 1. The van der Waals surface area contributed by atoms with Crippen molar-refractivity contribution in [2.24, 2.45) is 0 Å². The maximum Gasteiger partial charge on any atom is 0.200 e. The third kappa shape index (κ3) is 1.54. The molecule has 0 amide bonds. The lowest BCUT2D eigenvalue weighted by Crippen LogP contribution is -1.85. The molecule has 0 radical (unpaired) electrons. The maximum atomic E-state index is 4.22. The molecule has 0 aliphatic heterocycles. The Balaban J connectivity index is 2.39. The van der Waals surface area contributed by atoms with Crippen molar-refractivity contribution in [1.29, 1.82) is 0 Å². The van der Waals surface area contributed by atoms with Gasteiger partial charge in [0.05, 0.1) is 0 Å². The van der Waals surface area contributed by atoms with Gasteiger partial charge in [-0.15, -0.1) is 0 Å². The van der Waals surface area contributed by atoms with E-state index in [-0.39, 0.29) is 0 Å². The Morgan fingerprint density at radius 1 is 1.43 bits per heavy atom. The molecule has 0 aliphatic carbocycles. The van der Waals surface area contributed by atoms with Crippen LogP contribution in [0.15, 0.2) is 24.9 Å². The monoisotopic (exact) mass is 186 g/mol. The first-order chi connectivity index (χ1) is 6.79. The third-order valence-electron chi connectivity index (χ3n) is 1.84.